The molecule has 1 heterocycles. The van der Waals surface area contributed by atoms with Crippen LogP contribution in [0.5, 0.6) is 0 Å². The average molecular weight is 340 g/mol. The lowest BCUT2D eigenvalue weighted by Crippen LogP contribution is -2.48. The molecule has 1 fully saturated rings. The number of hydrogen-bond acceptors (Lipinski definition) is 3. The van der Waals surface area contributed by atoms with E-state index in [1.54, 1.807) is 4.90 Å². The number of carbonyl (C=O) groups is 2. The van der Waals surface area contributed by atoms with Gasteiger partial charge in [0.25, 0.3) is 0 Å². The number of nitrogens with zero attached hydrogens (tertiary/aromatic N) is 2. The lowest BCUT2D eigenvalue weighted by atomic mass is 10.2. The molecule has 0 spiro atoms. The molecule has 6 heteroatoms. The molecule has 108 valence electrons. The van der Waals surface area contributed by atoms with Gasteiger partial charge in [0.05, 0.1) is 0 Å². The van der Waals surface area contributed by atoms with E-state index in [1.807, 2.05) is 29.2 Å². The smallest absolute Gasteiger partial charge is 0.224 e. The van der Waals surface area contributed by atoms with Crippen LogP contribution in [0, 0.1) is 0 Å². The van der Waals surface area contributed by atoms with E-state index in [-0.39, 0.29) is 5.91 Å². The van der Waals surface area contributed by atoms with Crippen LogP contribution in [0.3, 0.4) is 0 Å². The summed E-state index contributed by atoms with van der Waals surface area (Å²) in [5, 5.41) is 3.23. The molecule has 1 aromatic rings. The third-order valence-corrected chi connectivity index (χ3v) is 3.80. The zero-order chi connectivity index (χ0) is 14.4. The van der Waals surface area contributed by atoms with Crippen molar-refractivity contribution in [2.24, 2.45) is 0 Å². The first-order valence-electron chi connectivity index (χ1n) is 6.65. The van der Waals surface area contributed by atoms with Crippen molar-refractivity contribution in [2.75, 3.05) is 38.0 Å². The Morgan fingerprint density at radius 1 is 1.30 bits per heavy atom. The third-order valence-electron chi connectivity index (χ3n) is 3.31. The van der Waals surface area contributed by atoms with Gasteiger partial charge in [-0.2, -0.15) is 0 Å². The van der Waals surface area contributed by atoms with Gasteiger partial charge in [0.15, 0.2) is 0 Å². The summed E-state index contributed by atoms with van der Waals surface area (Å²) < 4.78 is 1.01. The van der Waals surface area contributed by atoms with Gasteiger partial charge >= 0.3 is 0 Å². The number of piperazine rings is 1. The number of amides is 2. The number of nitrogens with one attached hydrogen (secondary N) is 1. The van der Waals surface area contributed by atoms with E-state index < -0.39 is 0 Å². The Morgan fingerprint density at radius 2 is 2.05 bits per heavy atom. The Balaban J connectivity index is 1.71. The van der Waals surface area contributed by atoms with Gasteiger partial charge in [-0.05, 0) is 18.2 Å². The fourth-order valence-electron chi connectivity index (χ4n) is 2.15. The lowest BCUT2D eigenvalue weighted by Gasteiger charge is -2.32. The largest absolute Gasteiger partial charge is 0.384 e. The topological polar surface area (TPSA) is 52.7 Å². The highest BCUT2D eigenvalue weighted by molar-refractivity contribution is 9.10. The molecular weight excluding hydrogens is 322 g/mol. The summed E-state index contributed by atoms with van der Waals surface area (Å²) in [5.41, 5.74) is 0.998. The van der Waals surface area contributed by atoms with Crippen LogP contribution in [0.2, 0.25) is 0 Å². The van der Waals surface area contributed by atoms with Gasteiger partial charge in [-0.25, -0.2) is 0 Å². The first kappa shape index (κ1) is 14.8. The minimum atomic E-state index is 0.137. The Hall–Kier alpha value is -1.56. The molecule has 0 atom stereocenters. The molecule has 2 rings (SSSR count). The van der Waals surface area contributed by atoms with Crippen molar-refractivity contribution in [2.45, 2.75) is 6.42 Å². The van der Waals surface area contributed by atoms with Crippen LogP contribution in [0.4, 0.5) is 5.69 Å². The predicted molar refractivity (Wildman–Crippen MR) is 81.5 cm³/mol. The van der Waals surface area contributed by atoms with Crippen molar-refractivity contribution in [1.29, 1.82) is 0 Å². The summed E-state index contributed by atoms with van der Waals surface area (Å²) in [6.45, 7) is 3.15. The second kappa shape index (κ2) is 7.28. The molecule has 0 bridgehead atoms. The lowest BCUT2D eigenvalue weighted by molar-refractivity contribution is -0.134. The quantitative estimate of drug-likeness (QED) is 0.828. The van der Waals surface area contributed by atoms with E-state index >= 15 is 0 Å². The Kier molecular flexibility index (Phi) is 5.40. The summed E-state index contributed by atoms with van der Waals surface area (Å²) in [5.74, 6) is 0.137. The number of halogens is 1. The zero-order valence-corrected chi connectivity index (χ0v) is 12.8. The summed E-state index contributed by atoms with van der Waals surface area (Å²) in [6.07, 6.45) is 1.31. The van der Waals surface area contributed by atoms with Gasteiger partial charge in [-0.15, -0.1) is 0 Å². The molecule has 2 amide bonds. The summed E-state index contributed by atoms with van der Waals surface area (Å²) in [4.78, 5) is 26.1. The highest BCUT2D eigenvalue weighted by atomic mass is 79.9. The van der Waals surface area contributed by atoms with E-state index in [0.717, 1.165) is 16.6 Å². The molecule has 20 heavy (non-hydrogen) atoms. The second-order valence-electron chi connectivity index (χ2n) is 4.71. The van der Waals surface area contributed by atoms with Gasteiger partial charge in [-0.3, -0.25) is 9.59 Å². The predicted octanol–water partition coefficient (Wildman–Crippen LogP) is 1.55. The third kappa shape index (κ3) is 4.23. The zero-order valence-electron chi connectivity index (χ0n) is 11.2. The first-order valence-corrected chi connectivity index (χ1v) is 7.45. The van der Waals surface area contributed by atoms with Crippen LogP contribution in [0.1, 0.15) is 6.42 Å². The van der Waals surface area contributed by atoms with Crippen LogP contribution < -0.4 is 5.32 Å². The van der Waals surface area contributed by atoms with Crippen molar-refractivity contribution in [3.63, 3.8) is 0 Å². The molecule has 1 aliphatic rings. The molecule has 0 aliphatic carbocycles. The molecular formula is C14H18BrN3O2. The van der Waals surface area contributed by atoms with Gasteiger partial charge in [-0.1, -0.05) is 22.0 Å². The second-order valence-corrected chi connectivity index (χ2v) is 5.62. The molecule has 1 saturated heterocycles. The fourth-order valence-corrected chi connectivity index (χ4v) is 2.55. The molecule has 1 aliphatic heterocycles. The SMILES string of the molecule is O=CN1CCN(C(=O)CCNc2cccc(Br)c2)CC1. The summed E-state index contributed by atoms with van der Waals surface area (Å²) >= 11 is 3.41. The highest BCUT2D eigenvalue weighted by Gasteiger charge is 2.19. The first-order chi connectivity index (χ1) is 9.69. The van der Waals surface area contributed by atoms with Gasteiger partial charge in [0, 0.05) is 49.3 Å². The Labute approximate surface area is 127 Å². The van der Waals surface area contributed by atoms with E-state index in [4.69, 9.17) is 0 Å². The standard InChI is InChI=1S/C14H18BrN3O2/c15-12-2-1-3-13(10-12)16-5-4-14(20)18-8-6-17(11-19)7-9-18/h1-3,10-11,16H,4-9H2. The van der Waals surface area contributed by atoms with Crippen LogP contribution in [0.25, 0.3) is 0 Å². The summed E-state index contributed by atoms with van der Waals surface area (Å²) in [7, 11) is 0. The maximum Gasteiger partial charge on any atom is 0.224 e. The molecule has 0 aromatic heterocycles. The Morgan fingerprint density at radius 3 is 2.70 bits per heavy atom. The molecule has 5 nitrogen and oxygen atoms in total. The van der Waals surface area contributed by atoms with Gasteiger partial charge < -0.3 is 15.1 Å². The molecule has 0 unspecified atom stereocenters. The maximum atomic E-state index is 12.0. The molecule has 1 aromatic carbocycles. The number of anilines is 1. The fraction of sp³-hybridized carbons (Fsp3) is 0.429. The number of benzene rings is 1. The average Bonchev–Trinajstić information content (AvgIpc) is 2.47. The van der Waals surface area contributed by atoms with Crippen molar-refractivity contribution in [1.82, 2.24) is 9.80 Å². The van der Waals surface area contributed by atoms with Crippen molar-refractivity contribution in [3.8, 4) is 0 Å². The van der Waals surface area contributed by atoms with E-state index in [0.29, 0.717) is 39.1 Å². The molecule has 0 saturated carbocycles. The Bertz CT molecular complexity index is 473. The normalized spacial score (nSPS) is 15.1. The number of carbonyl (C=O) groups excluding carboxylic acids is 2. The highest BCUT2D eigenvalue weighted by Crippen LogP contribution is 2.15. The van der Waals surface area contributed by atoms with Crippen LogP contribution in [-0.4, -0.2) is 54.8 Å². The minimum absolute atomic E-state index is 0.137. The van der Waals surface area contributed by atoms with Gasteiger partial charge in [0.2, 0.25) is 12.3 Å². The monoisotopic (exact) mass is 339 g/mol. The van der Waals surface area contributed by atoms with Crippen molar-refractivity contribution < 1.29 is 9.59 Å². The molecule has 1 N–H and O–H groups in total. The minimum Gasteiger partial charge on any atom is -0.384 e. The maximum absolute atomic E-state index is 12.0. The van der Waals surface area contributed by atoms with Crippen molar-refractivity contribution in [3.05, 3.63) is 28.7 Å². The number of hydrogen-bond donors (Lipinski definition) is 1. The van der Waals surface area contributed by atoms with Gasteiger partial charge in [0.1, 0.15) is 0 Å². The van der Waals surface area contributed by atoms with Crippen LogP contribution >= 0.6 is 15.9 Å². The van der Waals surface area contributed by atoms with E-state index in [1.165, 1.54) is 0 Å². The van der Waals surface area contributed by atoms with Crippen LogP contribution in [-0.2, 0) is 9.59 Å². The van der Waals surface area contributed by atoms with Crippen LogP contribution in [0.15, 0.2) is 28.7 Å². The van der Waals surface area contributed by atoms with E-state index in [2.05, 4.69) is 21.2 Å². The number of rotatable bonds is 5. The van der Waals surface area contributed by atoms with Crippen molar-refractivity contribution >= 4 is 33.9 Å². The molecule has 0 radical (unpaired) electrons. The van der Waals surface area contributed by atoms with E-state index in [9.17, 15) is 9.59 Å². The summed E-state index contributed by atoms with van der Waals surface area (Å²) in [6, 6.07) is 7.86.